The van der Waals surface area contributed by atoms with Gasteiger partial charge in [0.05, 0.1) is 21.7 Å². The van der Waals surface area contributed by atoms with Gasteiger partial charge >= 0.3 is 23.4 Å². The first-order chi connectivity index (χ1) is 25.0. The van der Waals surface area contributed by atoms with E-state index in [9.17, 15) is 44.5 Å². The molecule has 0 fully saturated rings. The third kappa shape index (κ3) is 14.9. The third-order valence-corrected chi connectivity index (χ3v) is 11.1. The number of halogens is 5. The molecule has 1 atom stereocenters. The maximum absolute atomic E-state index is 13.0. The predicted octanol–water partition coefficient (Wildman–Crippen LogP) is 10.8. The van der Waals surface area contributed by atoms with E-state index in [0.717, 1.165) is 20.3 Å². The van der Waals surface area contributed by atoms with Crippen LogP contribution in [0.2, 0.25) is 0 Å². The standard InChI is InChI=1S/C18H15S.C12H16O3.C9H13F5O5S.2CH4/c1-4-10-16(11-5-1)19(17-12-6-2-7-13-17)18-14-8-3-9-15-18;1-4-12(2,3)11(14)15-10-7-5-9(13)6-8-10;1-4-7(2,3)6(15)19-5(8(10,11)12)9(13,14)20(16,17)18;;/h1-15H;5-8,13H,4H2,1-3H3;5H,4H2,1-3H3,(H,16,17,18);2*1H4/q+1;;;;/p-1. The number of esters is 2. The largest absolute Gasteiger partial charge is 0.743 e. The molecule has 4 aromatic rings. The van der Waals surface area contributed by atoms with Gasteiger partial charge in [0.2, 0.25) is 0 Å². The third-order valence-electron chi connectivity index (χ3n) is 8.02. The molecule has 0 radical (unpaired) electrons. The Morgan fingerprint density at radius 1 is 0.661 bits per heavy atom. The molecule has 1 N–H and O–H groups in total. The second-order valence-electron chi connectivity index (χ2n) is 12.9. The maximum Gasteiger partial charge on any atom is 0.432 e. The maximum atomic E-state index is 13.0. The molecule has 4 rings (SSSR count). The molecule has 0 aliphatic carbocycles. The van der Waals surface area contributed by atoms with Gasteiger partial charge in [0, 0.05) is 0 Å². The Labute approximate surface area is 330 Å². The van der Waals surface area contributed by atoms with Gasteiger partial charge < -0.3 is 19.1 Å². The van der Waals surface area contributed by atoms with Crippen molar-refractivity contribution >= 4 is 33.0 Å². The van der Waals surface area contributed by atoms with E-state index in [-0.39, 0.29) is 43.9 Å². The molecule has 1 unspecified atom stereocenters. The predicted molar refractivity (Wildman–Crippen MR) is 207 cm³/mol. The molecule has 56 heavy (non-hydrogen) atoms. The summed E-state index contributed by atoms with van der Waals surface area (Å²) in [7, 11) is -6.68. The molecule has 0 aliphatic heterocycles. The average Bonchev–Trinajstić information content (AvgIpc) is 3.12. The van der Waals surface area contributed by atoms with Gasteiger partial charge in [-0.15, -0.1) is 0 Å². The Morgan fingerprint density at radius 3 is 1.30 bits per heavy atom. The SMILES string of the molecule is C.C.CCC(C)(C)C(=O)OC(C(F)(F)F)C(F)(F)S(=O)(=O)[O-].CCC(C)(C)C(=O)Oc1ccc(O)cc1.c1ccc([S+](c2ccccc2)c2ccccc2)cc1. The highest BCUT2D eigenvalue weighted by atomic mass is 32.2. The van der Waals surface area contributed by atoms with E-state index in [1.165, 1.54) is 33.7 Å². The molecule has 0 amide bonds. The molecular weight excluding hydrogens is 780 g/mol. The highest BCUT2D eigenvalue weighted by Crippen LogP contribution is 2.39. The summed E-state index contributed by atoms with van der Waals surface area (Å²) in [6, 6.07) is 38.3. The minimum atomic E-state index is -6.66. The van der Waals surface area contributed by atoms with E-state index < -0.39 is 44.5 Å². The summed E-state index contributed by atoms with van der Waals surface area (Å²) >= 11 is 0. The zero-order valence-corrected chi connectivity index (χ0v) is 32.1. The van der Waals surface area contributed by atoms with Crippen molar-refractivity contribution in [1.29, 1.82) is 0 Å². The number of ether oxygens (including phenoxy) is 2. The fourth-order valence-electron chi connectivity index (χ4n) is 3.85. The molecule has 0 saturated heterocycles. The fraction of sp³-hybridized carbons (Fsp3) is 0.366. The number of benzene rings is 4. The van der Waals surface area contributed by atoms with E-state index in [4.69, 9.17) is 9.84 Å². The first kappa shape index (κ1) is 51.5. The number of carbonyl (C=O) groups is 2. The van der Waals surface area contributed by atoms with E-state index in [0.29, 0.717) is 5.75 Å². The molecule has 4 aromatic carbocycles. The zero-order chi connectivity index (χ0) is 41.0. The van der Waals surface area contributed by atoms with Gasteiger partial charge in [0.15, 0.2) is 24.8 Å². The minimum absolute atomic E-state index is 0. The second kappa shape index (κ2) is 21.7. The quantitative estimate of drug-likeness (QED) is 0.0520. The second-order valence-corrected chi connectivity index (χ2v) is 16.4. The van der Waals surface area contributed by atoms with Crippen molar-refractivity contribution in [2.45, 2.75) is 101 Å². The summed E-state index contributed by atoms with van der Waals surface area (Å²) < 4.78 is 103. The number of alkyl halides is 5. The number of phenolic OH excluding ortho intramolecular Hbond substituents is 1. The lowest BCUT2D eigenvalue weighted by Crippen LogP contribution is -2.53. The van der Waals surface area contributed by atoms with Crippen LogP contribution in [0.4, 0.5) is 22.0 Å². The van der Waals surface area contributed by atoms with Gasteiger partial charge in [0.25, 0.3) is 6.10 Å². The smallest absolute Gasteiger partial charge is 0.432 e. The van der Waals surface area contributed by atoms with Gasteiger partial charge in [-0.2, -0.15) is 22.0 Å². The summed E-state index contributed by atoms with van der Waals surface area (Å²) in [5, 5.41) is 3.24. The van der Waals surface area contributed by atoms with Crippen LogP contribution in [0, 0.1) is 10.8 Å². The highest BCUT2D eigenvalue weighted by Gasteiger charge is 2.63. The number of carbonyl (C=O) groups excluding carboxylic acids is 2. The molecule has 8 nitrogen and oxygen atoms in total. The Hall–Kier alpha value is -4.47. The molecular formula is C41H51F5O8S2. The molecule has 0 aromatic heterocycles. The van der Waals surface area contributed by atoms with E-state index in [2.05, 4.69) is 95.7 Å². The van der Waals surface area contributed by atoms with Crippen LogP contribution in [0.3, 0.4) is 0 Å². The first-order valence-corrected chi connectivity index (χ1v) is 19.1. The van der Waals surface area contributed by atoms with Gasteiger partial charge in [-0.25, -0.2) is 8.42 Å². The average molecular weight is 831 g/mol. The molecule has 0 bridgehead atoms. The van der Waals surface area contributed by atoms with Crippen LogP contribution in [0.5, 0.6) is 11.5 Å². The molecule has 0 aliphatic rings. The Balaban J connectivity index is 0.000000804. The Morgan fingerprint density at radius 2 is 1.00 bits per heavy atom. The number of rotatable bonds is 11. The van der Waals surface area contributed by atoms with Crippen LogP contribution in [0.15, 0.2) is 130 Å². The van der Waals surface area contributed by atoms with Gasteiger partial charge in [-0.3, -0.25) is 9.59 Å². The van der Waals surface area contributed by atoms with Crippen molar-refractivity contribution in [3.63, 3.8) is 0 Å². The first-order valence-electron chi connectivity index (χ1n) is 16.5. The van der Waals surface area contributed by atoms with Gasteiger partial charge in [0.1, 0.15) is 11.5 Å². The van der Waals surface area contributed by atoms with Crippen LogP contribution >= 0.6 is 0 Å². The normalized spacial score (nSPS) is 12.2. The lowest BCUT2D eigenvalue weighted by molar-refractivity contribution is -0.262. The van der Waals surface area contributed by atoms with Crippen LogP contribution < -0.4 is 4.74 Å². The zero-order valence-electron chi connectivity index (χ0n) is 30.5. The topological polar surface area (TPSA) is 130 Å². The van der Waals surface area contributed by atoms with Crippen molar-refractivity contribution in [3.8, 4) is 11.5 Å². The van der Waals surface area contributed by atoms with Crippen molar-refractivity contribution in [1.82, 2.24) is 0 Å². The van der Waals surface area contributed by atoms with E-state index in [1.54, 1.807) is 12.1 Å². The summed E-state index contributed by atoms with van der Waals surface area (Å²) in [6.45, 7) is 9.25. The monoisotopic (exact) mass is 830 g/mol. The number of hydrogen-bond donors (Lipinski definition) is 1. The molecule has 15 heteroatoms. The van der Waals surface area contributed by atoms with E-state index >= 15 is 0 Å². The van der Waals surface area contributed by atoms with Crippen molar-refractivity contribution < 1.29 is 59.1 Å². The lowest BCUT2D eigenvalue weighted by atomic mass is 9.90. The molecule has 0 heterocycles. The highest BCUT2D eigenvalue weighted by molar-refractivity contribution is 7.97. The Bertz CT molecular complexity index is 1780. The van der Waals surface area contributed by atoms with Crippen molar-refractivity contribution in [2.24, 2.45) is 10.8 Å². The van der Waals surface area contributed by atoms with Gasteiger partial charge in [-0.05, 0) is 101 Å². The number of hydrogen-bond acceptors (Lipinski definition) is 8. The summed E-state index contributed by atoms with van der Waals surface area (Å²) in [5.74, 6) is -1.33. The Kier molecular flexibility index (Phi) is 20.0. The van der Waals surface area contributed by atoms with Crippen LogP contribution in [0.1, 0.15) is 69.2 Å². The number of aromatic hydroxyl groups is 1. The summed E-state index contributed by atoms with van der Waals surface area (Å²) in [6.07, 6.45) is -9.59. The van der Waals surface area contributed by atoms with Gasteiger partial charge in [-0.1, -0.05) is 83.3 Å². The number of phenols is 1. The molecule has 310 valence electrons. The molecule has 0 spiro atoms. The van der Waals surface area contributed by atoms with Crippen LogP contribution in [-0.4, -0.2) is 47.6 Å². The molecule has 0 saturated carbocycles. The van der Waals surface area contributed by atoms with Crippen molar-refractivity contribution in [2.75, 3.05) is 0 Å². The lowest BCUT2D eigenvalue weighted by Gasteiger charge is -2.32. The fourth-order valence-corrected chi connectivity index (χ4v) is 6.40. The summed E-state index contributed by atoms with van der Waals surface area (Å²) in [5.41, 5.74) is -2.02. The minimum Gasteiger partial charge on any atom is -0.743 e. The van der Waals surface area contributed by atoms with E-state index in [1.807, 2.05) is 20.8 Å². The summed E-state index contributed by atoms with van der Waals surface area (Å²) in [4.78, 5) is 27.1. The van der Waals surface area contributed by atoms with Crippen LogP contribution in [-0.2, 0) is 35.3 Å². The van der Waals surface area contributed by atoms with Crippen LogP contribution in [0.25, 0.3) is 0 Å². The van der Waals surface area contributed by atoms with Crippen molar-refractivity contribution in [3.05, 3.63) is 115 Å².